The van der Waals surface area contributed by atoms with Gasteiger partial charge in [-0.25, -0.2) is 0 Å². The van der Waals surface area contributed by atoms with Gasteiger partial charge in [-0.05, 0) is 6.42 Å². The topological polar surface area (TPSA) is 57.2 Å². The summed E-state index contributed by atoms with van der Waals surface area (Å²) >= 11 is 0. The standard InChI is InChI=1S/C8H14O3/c1-4-8(2,3)6(9)5-7(10)11/h4-5H2,1-3H3,(H,10,11)/p-1. The van der Waals surface area contributed by atoms with E-state index in [-0.39, 0.29) is 5.78 Å². The number of aliphatic carboxylic acids is 1. The number of carboxylic acids is 1. The molecule has 0 unspecified atom stereocenters. The molecule has 0 N–H and O–H groups in total. The molecule has 0 aliphatic rings. The molecule has 3 nitrogen and oxygen atoms in total. The zero-order valence-corrected chi connectivity index (χ0v) is 7.14. The summed E-state index contributed by atoms with van der Waals surface area (Å²) in [6.07, 6.45) is 0.181. The van der Waals surface area contributed by atoms with Crippen LogP contribution >= 0.6 is 0 Å². The highest BCUT2D eigenvalue weighted by atomic mass is 16.4. The predicted molar refractivity (Wildman–Crippen MR) is 38.7 cm³/mol. The number of carbonyl (C=O) groups excluding carboxylic acids is 2. The van der Waals surface area contributed by atoms with Crippen molar-refractivity contribution in [2.45, 2.75) is 33.6 Å². The summed E-state index contributed by atoms with van der Waals surface area (Å²) in [5.41, 5.74) is -0.528. The summed E-state index contributed by atoms with van der Waals surface area (Å²) in [5.74, 6) is -1.56. The molecule has 0 bridgehead atoms. The number of ketones is 1. The van der Waals surface area contributed by atoms with Crippen LogP contribution in [0.1, 0.15) is 33.6 Å². The van der Waals surface area contributed by atoms with Gasteiger partial charge >= 0.3 is 0 Å². The maximum atomic E-state index is 11.1. The largest absolute Gasteiger partial charge is 0.550 e. The molecule has 0 saturated heterocycles. The molecule has 0 atom stereocenters. The lowest BCUT2D eigenvalue weighted by Gasteiger charge is -2.20. The normalized spacial score (nSPS) is 11.2. The van der Waals surface area contributed by atoms with Gasteiger partial charge in [-0.3, -0.25) is 4.79 Å². The molecule has 0 saturated carbocycles. The van der Waals surface area contributed by atoms with E-state index in [2.05, 4.69) is 0 Å². The predicted octanol–water partition coefficient (Wildman–Crippen LogP) is 0.132. The number of carboxylic acid groups (broad SMARTS) is 1. The van der Waals surface area contributed by atoms with Crippen molar-refractivity contribution in [1.82, 2.24) is 0 Å². The summed E-state index contributed by atoms with van der Waals surface area (Å²) in [4.78, 5) is 21.1. The van der Waals surface area contributed by atoms with Gasteiger partial charge in [0.15, 0.2) is 0 Å². The first-order valence-electron chi connectivity index (χ1n) is 3.63. The second kappa shape index (κ2) is 3.51. The molecule has 0 heterocycles. The highest BCUT2D eigenvalue weighted by Crippen LogP contribution is 2.21. The van der Waals surface area contributed by atoms with Crippen molar-refractivity contribution in [3.63, 3.8) is 0 Å². The van der Waals surface area contributed by atoms with Crippen molar-refractivity contribution in [3.05, 3.63) is 0 Å². The van der Waals surface area contributed by atoms with Gasteiger partial charge in [0.1, 0.15) is 5.78 Å². The van der Waals surface area contributed by atoms with E-state index in [1.54, 1.807) is 13.8 Å². The van der Waals surface area contributed by atoms with E-state index in [0.29, 0.717) is 6.42 Å². The van der Waals surface area contributed by atoms with Gasteiger partial charge in [0.05, 0.1) is 0 Å². The molecule has 64 valence electrons. The van der Waals surface area contributed by atoms with Gasteiger partial charge in [-0.2, -0.15) is 0 Å². The fourth-order valence-electron chi connectivity index (χ4n) is 0.568. The van der Waals surface area contributed by atoms with E-state index in [1.165, 1.54) is 0 Å². The SMILES string of the molecule is CCC(C)(C)C(=O)CC(=O)[O-]. The van der Waals surface area contributed by atoms with Crippen molar-refractivity contribution in [2.24, 2.45) is 5.41 Å². The number of rotatable bonds is 4. The minimum atomic E-state index is -1.29. The van der Waals surface area contributed by atoms with Crippen LogP contribution in [0.4, 0.5) is 0 Å². The molecule has 0 aliphatic heterocycles. The Labute approximate surface area is 66.4 Å². The monoisotopic (exact) mass is 157 g/mol. The van der Waals surface area contributed by atoms with E-state index in [4.69, 9.17) is 0 Å². The van der Waals surface area contributed by atoms with E-state index in [9.17, 15) is 14.7 Å². The Bertz CT molecular complexity index is 170. The molecule has 3 heteroatoms. The van der Waals surface area contributed by atoms with Gasteiger partial charge in [-0.15, -0.1) is 0 Å². The van der Waals surface area contributed by atoms with Crippen LogP contribution < -0.4 is 5.11 Å². The van der Waals surface area contributed by atoms with Gasteiger partial charge in [0, 0.05) is 17.8 Å². The quantitative estimate of drug-likeness (QED) is 0.545. The highest BCUT2D eigenvalue weighted by molar-refractivity contribution is 5.96. The maximum absolute atomic E-state index is 11.1. The number of Topliss-reactive ketones (excluding diaryl/α,β-unsaturated/α-hetero) is 1. The van der Waals surface area contributed by atoms with Crippen LogP contribution in [-0.2, 0) is 9.59 Å². The van der Waals surface area contributed by atoms with E-state index in [1.807, 2.05) is 6.92 Å². The van der Waals surface area contributed by atoms with Crippen LogP contribution in [0.5, 0.6) is 0 Å². The number of carbonyl (C=O) groups is 2. The van der Waals surface area contributed by atoms with E-state index < -0.39 is 17.8 Å². The van der Waals surface area contributed by atoms with Crippen LogP contribution in [0.3, 0.4) is 0 Å². The van der Waals surface area contributed by atoms with Gasteiger partial charge in [0.25, 0.3) is 0 Å². The first-order valence-corrected chi connectivity index (χ1v) is 3.63. The maximum Gasteiger partial charge on any atom is 0.144 e. The molecule has 0 fully saturated rings. The van der Waals surface area contributed by atoms with Crippen LogP contribution in [0.15, 0.2) is 0 Å². The van der Waals surface area contributed by atoms with Crippen molar-refractivity contribution in [1.29, 1.82) is 0 Å². The van der Waals surface area contributed by atoms with Crippen molar-refractivity contribution >= 4 is 11.8 Å². The second-order valence-corrected chi connectivity index (χ2v) is 3.21. The minimum Gasteiger partial charge on any atom is -0.550 e. The fraction of sp³-hybridized carbons (Fsp3) is 0.750. The Morgan fingerprint density at radius 2 is 1.82 bits per heavy atom. The Balaban J connectivity index is 4.13. The summed E-state index contributed by atoms with van der Waals surface area (Å²) < 4.78 is 0. The first kappa shape index (κ1) is 10.1. The molecule has 0 spiro atoms. The zero-order valence-electron chi connectivity index (χ0n) is 7.14. The van der Waals surface area contributed by atoms with Gasteiger partial charge < -0.3 is 9.90 Å². The average molecular weight is 157 g/mol. The lowest BCUT2D eigenvalue weighted by atomic mass is 9.84. The lowest BCUT2D eigenvalue weighted by Crippen LogP contribution is -2.32. The van der Waals surface area contributed by atoms with Crippen molar-refractivity contribution in [2.75, 3.05) is 0 Å². The van der Waals surface area contributed by atoms with Crippen LogP contribution in [0, 0.1) is 5.41 Å². The average Bonchev–Trinajstić information content (AvgIpc) is 1.86. The molecule has 0 aromatic heterocycles. The number of hydrogen-bond acceptors (Lipinski definition) is 3. The Hall–Kier alpha value is -0.860. The smallest absolute Gasteiger partial charge is 0.144 e. The second-order valence-electron chi connectivity index (χ2n) is 3.21. The molecule has 0 aliphatic carbocycles. The van der Waals surface area contributed by atoms with Crippen molar-refractivity contribution < 1.29 is 14.7 Å². The van der Waals surface area contributed by atoms with Crippen LogP contribution in [0.2, 0.25) is 0 Å². The summed E-state index contributed by atoms with van der Waals surface area (Å²) in [6.45, 7) is 5.32. The summed E-state index contributed by atoms with van der Waals surface area (Å²) in [5, 5.41) is 10.0. The highest BCUT2D eigenvalue weighted by Gasteiger charge is 2.24. The zero-order chi connectivity index (χ0) is 9.07. The van der Waals surface area contributed by atoms with Gasteiger partial charge in [-0.1, -0.05) is 20.8 Å². The van der Waals surface area contributed by atoms with Crippen LogP contribution in [0.25, 0.3) is 0 Å². The molecule has 0 rings (SSSR count). The molecular formula is C8H13O3-. The Kier molecular flexibility index (Phi) is 3.23. The minimum absolute atomic E-state index is 0.264. The molecule has 0 aromatic carbocycles. The molecular weight excluding hydrogens is 144 g/mol. The van der Waals surface area contributed by atoms with Crippen molar-refractivity contribution in [3.8, 4) is 0 Å². The Morgan fingerprint density at radius 1 is 1.36 bits per heavy atom. The molecule has 0 radical (unpaired) electrons. The number of hydrogen-bond donors (Lipinski definition) is 0. The fourth-order valence-corrected chi connectivity index (χ4v) is 0.568. The lowest BCUT2D eigenvalue weighted by molar-refractivity contribution is -0.304. The first-order chi connectivity index (χ1) is 4.90. The van der Waals surface area contributed by atoms with Gasteiger partial charge in [0.2, 0.25) is 0 Å². The summed E-state index contributed by atoms with van der Waals surface area (Å²) in [6, 6.07) is 0. The third-order valence-electron chi connectivity index (χ3n) is 1.94. The Morgan fingerprint density at radius 3 is 2.09 bits per heavy atom. The molecule has 0 aromatic rings. The molecule has 0 amide bonds. The third kappa shape index (κ3) is 3.16. The van der Waals surface area contributed by atoms with Crippen LogP contribution in [-0.4, -0.2) is 11.8 Å². The third-order valence-corrected chi connectivity index (χ3v) is 1.94. The molecule has 11 heavy (non-hydrogen) atoms. The van der Waals surface area contributed by atoms with E-state index >= 15 is 0 Å². The summed E-state index contributed by atoms with van der Waals surface area (Å²) in [7, 11) is 0. The van der Waals surface area contributed by atoms with E-state index in [0.717, 1.165) is 0 Å².